The molecule has 0 bridgehead atoms. The van der Waals surface area contributed by atoms with Gasteiger partial charge in [-0.3, -0.25) is 0 Å². The zero-order chi connectivity index (χ0) is 17.0. The number of urea groups is 1. The topological polar surface area (TPSA) is 70.9 Å². The normalized spacial score (nSPS) is 19.7. The van der Waals surface area contributed by atoms with Crippen LogP contribution in [0.4, 0.5) is 10.5 Å². The van der Waals surface area contributed by atoms with E-state index in [0.717, 1.165) is 17.8 Å². The molecule has 1 aromatic carbocycles. The van der Waals surface area contributed by atoms with Crippen molar-refractivity contribution in [1.82, 2.24) is 4.90 Å². The Hall–Kier alpha value is -1.60. The average Bonchev–Trinajstić information content (AvgIpc) is 2.81. The number of hydrogen-bond acceptors (Lipinski definition) is 3. The number of nitrogens with one attached hydrogen (secondary N) is 2. The number of nitrogens with zero attached hydrogens (tertiary/aromatic N) is 1. The fourth-order valence-electron chi connectivity index (χ4n) is 2.65. The van der Waals surface area contributed by atoms with Crippen LogP contribution in [0.25, 0.3) is 0 Å². The summed E-state index contributed by atoms with van der Waals surface area (Å²) in [5.41, 5.74) is 1.85. The monoisotopic (exact) mass is 340 g/mol. The first kappa shape index (κ1) is 17.7. The maximum atomic E-state index is 12.6. The zero-order valence-corrected chi connectivity index (χ0v) is 14.8. The number of amides is 2. The number of quaternary nitrogens is 1. The van der Waals surface area contributed by atoms with E-state index in [4.69, 9.17) is 0 Å². The Morgan fingerprint density at radius 2 is 1.96 bits per heavy atom. The van der Waals surface area contributed by atoms with Crippen LogP contribution in [0.3, 0.4) is 0 Å². The summed E-state index contributed by atoms with van der Waals surface area (Å²) in [6.07, 6.45) is 0.520. The molecule has 2 N–H and O–H groups in total. The van der Waals surface area contributed by atoms with Gasteiger partial charge in [-0.05, 0) is 25.5 Å². The van der Waals surface area contributed by atoms with Crippen molar-refractivity contribution >= 4 is 21.6 Å². The number of hydrogen-bond donors (Lipinski definition) is 2. The molecule has 0 radical (unpaired) electrons. The third-order valence-corrected chi connectivity index (χ3v) is 5.82. The molecule has 7 heteroatoms. The van der Waals surface area contributed by atoms with Crippen LogP contribution in [0.2, 0.25) is 0 Å². The van der Waals surface area contributed by atoms with Crippen molar-refractivity contribution in [3.63, 3.8) is 0 Å². The summed E-state index contributed by atoms with van der Waals surface area (Å²) >= 11 is 0. The molecule has 6 nitrogen and oxygen atoms in total. The van der Waals surface area contributed by atoms with E-state index in [-0.39, 0.29) is 23.6 Å². The molecule has 2 rings (SSSR count). The van der Waals surface area contributed by atoms with Crippen LogP contribution in [-0.2, 0) is 9.84 Å². The average molecular weight is 340 g/mol. The van der Waals surface area contributed by atoms with E-state index in [2.05, 4.69) is 5.32 Å². The quantitative estimate of drug-likeness (QED) is 0.802. The van der Waals surface area contributed by atoms with Gasteiger partial charge in [0.2, 0.25) is 0 Å². The second-order valence-electron chi connectivity index (χ2n) is 6.50. The molecule has 1 atom stereocenters. The fraction of sp³-hybridized carbons (Fsp3) is 0.562. The smallest absolute Gasteiger partial charge is 0.322 e. The zero-order valence-electron chi connectivity index (χ0n) is 14.0. The summed E-state index contributed by atoms with van der Waals surface area (Å²) in [4.78, 5) is 15.5. The lowest BCUT2D eigenvalue weighted by Crippen LogP contribution is -3.06. The molecule has 1 saturated heterocycles. The van der Waals surface area contributed by atoms with E-state index >= 15 is 0 Å². The highest BCUT2D eigenvalue weighted by molar-refractivity contribution is 7.91. The van der Waals surface area contributed by atoms with Crippen LogP contribution in [0, 0.1) is 6.92 Å². The molecule has 1 aliphatic rings. The van der Waals surface area contributed by atoms with Crippen molar-refractivity contribution in [3.05, 3.63) is 29.8 Å². The van der Waals surface area contributed by atoms with Gasteiger partial charge in [0.15, 0.2) is 9.84 Å². The van der Waals surface area contributed by atoms with Gasteiger partial charge < -0.3 is 15.1 Å². The lowest BCUT2D eigenvalue weighted by molar-refractivity contribution is -0.857. The number of carbonyl (C=O) groups excluding carboxylic acids is 1. The molecule has 23 heavy (non-hydrogen) atoms. The van der Waals surface area contributed by atoms with Crippen molar-refractivity contribution in [1.29, 1.82) is 0 Å². The molecule has 128 valence electrons. The number of rotatable bonds is 5. The predicted molar refractivity (Wildman–Crippen MR) is 91.6 cm³/mol. The Kier molecular flexibility index (Phi) is 5.64. The van der Waals surface area contributed by atoms with Crippen LogP contribution >= 0.6 is 0 Å². The Morgan fingerprint density at radius 3 is 2.48 bits per heavy atom. The summed E-state index contributed by atoms with van der Waals surface area (Å²) in [7, 11) is 1.01. The molecule has 0 aliphatic carbocycles. The third kappa shape index (κ3) is 5.21. The lowest BCUT2D eigenvalue weighted by Gasteiger charge is -2.28. The highest BCUT2D eigenvalue weighted by atomic mass is 32.2. The van der Waals surface area contributed by atoms with Gasteiger partial charge in [0.1, 0.15) is 0 Å². The van der Waals surface area contributed by atoms with E-state index < -0.39 is 9.84 Å². The van der Waals surface area contributed by atoms with E-state index in [1.807, 2.05) is 45.3 Å². The van der Waals surface area contributed by atoms with Crippen LogP contribution in [0.15, 0.2) is 24.3 Å². The van der Waals surface area contributed by atoms with E-state index in [1.165, 1.54) is 4.90 Å². The Balaban J connectivity index is 2.09. The molecule has 0 spiro atoms. The first-order valence-electron chi connectivity index (χ1n) is 7.90. The Morgan fingerprint density at radius 1 is 1.30 bits per heavy atom. The minimum atomic E-state index is -3.02. The molecule has 0 saturated carbocycles. The van der Waals surface area contributed by atoms with Gasteiger partial charge in [0.05, 0.1) is 38.7 Å². The maximum absolute atomic E-state index is 12.6. The first-order chi connectivity index (χ1) is 10.8. The molecule has 0 aromatic heterocycles. The standard InChI is InChI=1S/C16H25N3O3S/c1-13-4-6-14(7-5-13)17-16(20)19(10-9-18(2)3)15-8-11-23(21,22)12-15/h4-7,15H,8-12H2,1-3H3,(H,17,20)/p+1/t15-/m1/s1. The van der Waals surface area contributed by atoms with Crippen molar-refractivity contribution in [2.75, 3.05) is 44.0 Å². The molecule has 2 amide bonds. The molecule has 1 aromatic rings. The molecule has 1 heterocycles. The van der Waals surface area contributed by atoms with E-state index in [9.17, 15) is 13.2 Å². The summed E-state index contributed by atoms with van der Waals surface area (Å²) in [5, 5.41) is 2.88. The van der Waals surface area contributed by atoms with Crippen LogP contribution in [-0.4, -0.2) is 64.1 Å². The minimum absolute atomic E-state index is 0.0665. The lowest BCUT2D eigenvalue weighted by atomic mass is 10.2. The molecule has 1 fully saturated rings. The van der Waals surface area contributed by atoms with Gasteiger partial charge in [-0.15, -0.1) is 0 Å². The predicted octanol–water partition coefficient (Wildman–Crippen LogP) is 0.161. The molecular weight excluding hydrogens is 314 g/mol. The molecular formula is C16H26N3O3S+. The van der Waals surface area contributed by atoms with Gasteiger partial charge in [-0.25, -0.2) is 13.2 Å². The number of likely N-dealkylation sites (N-methyl/N-ethyl adjacent to an activating group) is 1. The minimum Gasteiger partial charge on any atom is -0.338 e. The molecule has 0 unspecified atom stereocenters. The summed E-state index contributed by atoms with van der Waals surface area (Å²) in [5.74, 6) is 0.234. The Bertz CT molecular complexity index is 641. The van der Waals surface area contributed by atoms with Crippen LogP contribution < -0.4 is 10.2 Å². The summed E-state index contributed by atoms with van der Waals surface area (Å²) in [6.45, 7) is 3.30. The van der Waals surface area contributed by atoms with Crippen LogP contribution in [0.1, 0.15) is 12.0 Å². The van der Waals surface area contributed by atoms with E-state index in [1.54, 1.807) is 4.90 Å². The van der Waals surface area contributed by atoms with Crippen molar-refractivity contribution < 1.29 is 18.1 Å². The maximum Gasteiger partial charge on any atom is 0.322 e. The number of carbonyl (C=O) groups is 1. The van der Waals surface area contributed by atoms with Crippen LogP contribution in [0.5, 0.6) is 0 Å². The number of sulfone groups is 1. The first-order valence-corrected chi connectivity index (χ1v) is 9.73. The van der Waals surface area contributed by atoms with Gasteiger partial charge >= 0.3 is 6.03 Å². The number of anilines is 1. The van der Waals surface area contributed by atoms with Gasteiger partial charge in [-0.1, -0.05) is 17.7 Å². The highest BCUT2D eigenvalue weighted by Gasteiger charge is 2.34. The van der Waals surface area contributed by atoms with Crippen molar-refractivity contribution in [2.45, 2.75) is 19.4 Å². The Labute approximate surface area is 138 Å². The number of benzene rings is 1. The van der Waals surface area contributed by atoms with Crippen molar-refractivity contribution in [3.8, 4) is 0 Å². The largest absolute Gasteiger partial charge is 0.338 e. The van der Waals surface area contributed by atoms with Gasteiger partial charge in [0, 0.05) is 11.7 Å². The number of aryl methyl sites for hydroxylation is 1. The van der Waals surface area contributed by atoms with Gasteiger partial charge in [-0.2, -0.15) is 0 Å². The molecule has 1 aliphatic heterocycles. The van der Waals surface area contributed by atoms with E-state index in [0.29, 0.717) is 13.0 Å². The summed E-state index contributed by atoms with van der Waals surface area (Å²) < 4.78 is 23.5. The highest BCUT2D eigenvalue weighted by Crippen LogP contribution is 2.19. The van der Waals surface area contributed by atoms with Crippen molar-refractivity contribution in [2.24, 2.45) is 0 Å². The SMILES string of the molecule is Cc1ccc(NC(=O)N(CC[NH+](C)C)[C@@H]2CCS(=O)(=O)C2)cc1. The van der Waals surface area contributed by atoms with Gasteiger partial charge in [0.25, 0.3) is 0 Å². The second-order valence-corrected chi connectivity index (χ2v) is 8.73. The fourth-order valence-corrected chi connectivity index (χ4v) is 4.38. The third-order valence-electron chi connectivity index (χ3n) is 4.07. The second kappa shape index (κ2) is 7.31. The summed E-state index contributed by atoms with van der Waals surface area (Å²) in [6, 6.07) is 7.12.